The third-order valence-corrected chi connectivity index (χ3v) is 5.20. The highest BCUT2D eigenvalue weighted by Gasteiger charge is 2.55. The Labute approximate surface area is 151 Å². The highest BCUT2D eigenvalue weighted by molar-refractivity contribution is 14.1. The van der Waals surface area contributed by atoms with Crippen molar-refractivity contribution in [3.8, 4) is 0 Å². The summed E-state index contributed by atoms with van der Waals surface area (Å²) in [6.45, 7) is 3.57. The summed E-state index contributed by atoms with van der Waals surface area (Å²) in [4.78, 5) is 8.36. The first-order chi connectivity index (χ1) is 10.9. The van der Waals surface area contributed by atoms with E-state index in [-0.39, 0.29) is 18.8 Å². The van der Waals surface area contributed by atoms with Gasteiger partial charge in [-0.25, -0.2) is 9.97 Å². The molecule has 1 N–H and O–H groups in total. The SMILES string of the molecule is CC1(C)OC2[C@@H](CO)O[C@@H](n3cc(I)c4c(Cl)ncnc43)[C@H]2O1. The number of halogens is 2. The van der Waals surface area contributed by atoms with Gasteiger partial charge in [-0.05, 0) is 36.4 Å². The Balaban J connectivity index is 1.81. The number of fused-ring (bicyclic) bond motifs is 2. The van der Waals surface area contributed by atoms with E-state index in [4.69, 9.17) is 25.8 Å². The van der Waals surface area contributed by atoms with Crippen LogP contribution in [0.4, 0.5) is 0 Å². The summed E-state index contributed by atoms with van der Waals surface area (Å²) in [7, 11) is 0. The Morgan fingerprint density at radius 3 is 2.83 bits per heavy atom. The Morgan fingerprint density at radius 1 is 1.35 bits per heavy atom. The van der Waals surface area contributed by atoms with Gasteiger partial charge in [0.2, 0.25) is 0 Å². The molecule has 9 heteroatoms. The second-order valence-corrected chi connectivity index (χ2v) is 7.58. The molecule has 7 nitrogen and oxygen atoms in total. The lowest BCUT2D eigenvalue weighted by molar-refractivity contribution is -0.199. The Morgan fingerprint density at radius 2 is 2.09 bits per heavy atom. The summed E-state index contributed by atoms with van der Waals surface area (Å²) < 4.78 is 20.7. The van der Waals surface area contributed by atoms with Crippen LogP contribution in [0.5, 0.6) is 0 Å². The van der Waals surface area contributed by atoms with Crippen molar-refractivity contribution in [2.24, 2.45) is 0 Å². The summed E-state index contributed by atoms with van der Waals surface area (Å²) >= 11 is 8.38. The van der Waals surface area contributed by atoms with E-state index in [1.54, 1.807) is 0 Å². The predicted molar refractivity (Wildman–Crippen MR) is 90.1 cm³/mol. The van der Waals surface area contributed by atoms with Gasteiger partial charge in [-0.1, -0.05) is 11.6 Å². The molecule has 0 aromatic carbocycles. The van der Waals surface area contributed by atoms with E-state index >= 15 is 0 Å². The number of ether oxygens (including phenoxy) is 3. The second-order valence-electron chi connectivity index (χ2n) is 6.06. The van der Waals surface area contributed by atoms with Crippen LogP contribution in [0.1, 0.15) is 20.1 Å². The number of aliphatic hydroxyl groups excluding tert-OH is 1. The first-order valence-electron chi connectivity index (χ1n) is 7.20. The van der Waals surface area contributed by atoms with Crippen molar-refractivity contribution in [3.63, 3.8) is 0 Å². The monoisotopic (exact) mass is 451 g/mol. The van der Waals surface area contributed by atoms with E-state index < -0.39 is 18.1 Å². The summed E-state index contributed by atoms with van der Waals surface area (Å²) in [6.07, 6.45) is 1.77. The molecule has 0 amide bonds. The van der Waals surface area contributed by atoms with E-state index in [0.717, 1.165) is 8.96 Å². The lowest BCUT2D eigenvalue weighted by Gasteiger charge is -2.24. The standard InChI is InChI=1S/C14H15ClIN3O4/c1-14(2)22-9-7(4-20)21-13(10(9)23-14)19-3-6(16)8-11(15)17-5-18-12(8)19/h3,5,7,9-10,13,20H,4H2,1-2H3/t7-,9?,10+,13-/m1/s1. The van der Waals surface area contributed by atoms with Crippen molar-refractivity contribution in [2.45, 2.75) is 44.2 Å². The van der Waals surface area contributed by atoms with Crippen LogP contribution < -0.4 is 0 Å². The largest absolute Gasteiger partial charge is 0.394 e. The zero-order valence-electron chi connectivity index (χ0n) is 12.4. The maximum absolute atomic E-state index is 9.59. The van der Waals surface area contributed by atoms with Crippen LogP contribution in [-0.2, 0) is 14.2 Å². The van der Waals surface area contributed by atoms with E-state index in [9.17, 15) is 5.11 Å². The molecule has 0 bridgehead atoms. The van der Waals surface area contributed by atoms with Gasteiger partial charge in [0.1, 0.15) is 35.4 Å². The van der Waals surface area contributed by atoms with Crippen LogP contribution in [0.25, 0.3) is 11.0 Å². The van der Waals surface area contributed by atoms with Gasteiger partial charge in [-0.15, -0.1) is 0 Å². The van der Waals surface area contributed by atoms with Gasteiger partial charge < -0.3 is 23.9 Å². The van der Waals surface area contributed by atoms with Crippen LogP contribution in [0.15, 0.2) is 12.5 Å². The van der Waals surface area contributed by atoms with Crippen LogP contribution in [0.2, 0.25) is 5.15 Å². The molecule has 4 atom stereocenters. The molecule has 23 heavy (non-hydrogen) atoms. The molecule has 2 fully saturated rings. The number of rotatable bonds is 2. The van der Waals surface area contributed by atoms with Gasteiger partial charge in [0.25, 0.3) is 0 Å². The average molecular weight is 452 g/mol. The first kappa shape index (κ1) is 16.0. The molecular formula is C14H15ClIN3O4. The fraction of sp³-hybridized carbons (Fsp3) is 0.571. The van der Waals surface area contributed by atoms with Crippen molar-refractivity contribution in [3.05, 3.63) is 21.2 Å². The maximum atomic E-state index is 9.59. The summed E-state index contributed by atoms with van der Waals surface area (Å²) in [5.41, 5.74) is 0.671. The van der Waals surface area contributed by atoms with Crippen LogP contribution in [0, 0.1) is 3.57 Å². The summed E-state index contributed by atoms with van der Waals surface area (Å²) in [5.74, 6) is -0.715. The van der Waals surface area contributed by atoms with Crippen molar-refractivity contribution in [2.75, 3.05) is 6.61 Å². The van der Waals surface area contributed by atoms with Gasteiger partial charge in [-0.2, -0.15) is 0 Å². The molecule has 4 rings (SSSR count). The van der Waals surface area contributed by atoms with Crippen molar-refractivity contribution < 1.29 is 19.3 Å². The highest BCUT2D eigenvalue weighted by Crippen LogP contribution is 2.44. The quantitative estimate of drug-likeness (QED) is 0.557. The predicted octanol–water partition coefficient (Wildman–Crippen LogP) is 2.10. The fourth-order valence-corrected chi connectivity index (χ4v) is 4.41. The van der Waals surface area contributed by atoms with E-state index in [0.29, 0.717) is 10.8 Å². The summed E-state index contributed by atoms with van der Waals surface area (Å²) in [5, 5.41) is 10.8. The van der Waals surface area contributed by atoms with Gasteiger partial charge in [0.05, 0.1) is 12.0 Å². The first-order valence-corrected chi connectivity index (χ1v) is 8.65. The molecule has 4 heterocycles. The van der Waals surface area contributed by atoms with Crippen molar-refractivity contribution in [1.82, 2.24) is 14.5 Å². The average Bonchev–Trinajstić information content (AvgIpc) is 3.08. The molecule has 2 aliphatic rings. The number of hydrogen-bond donors (Lipinski definition) is 1. The van der Waals surface area contributed by atoms with Crippen LogP contribution in [0.3, 0.4) is 0 Å². The van der Waals surface area contributed by atoms with Crippen LogP contribution in [-0.4, -0.2) is 50.3 Å². The third-order valence-electron chi connectivity index (χ3n) is 4.10. The number of aromatic nitrogens is 3. The zero-order chi connectivity index (χ0) is 16.4. The lowest BCUT2D eigenvalue weighted by Crippen LogP contribution is -2.31. The highest BCUT2D eigenvalue weighted by atomic mass is 127. The van der Waals surface area contributed by atoms with Crippen LogP contribution >= 0.6 is 34.2 Å². The fourth-order valence-electron chi connectivity index (χ4n) is 3.23. The van der Waals surface area contributed by atoms with Gasteiger partial charge in [0, 0.05) is 9.77 Å². The van der Waals surface area contributed by atoms with Crippen molar-refractivity contribution in [1.29, 1.82) is 0 Å². The normalized spacial score (nSPS) is 32.6. The van der Waals surface area contributed by atoms with Gasteiger partial charge >= 0.3 is 0 Å². The minimum absolute atomic E-state index is 0.136. The molecule has 0 spiro atoms. The van der Waals surface area contributed by atoms with E-state index in [1.807, 2.05) is 24.6 Å². The maximum Gasteiger partial charge on any atom is 0.164 e. The zero-order valence-corrected chi connectivity index (χ0v) is 15.4. The summed E-state index contributed by atoms with van der Waals surface area (Å²) in [6, 6.07) is 0. The number of hydrogen-bond acceptors (Lipinski definition) is 6. The number of nitrogens with zero attached hydrogens (tertiary/aromatic N) is 3. The molecule has 2 saturated heterocycles. The topological polar surface area (TPSA) is 78.6 Å². The van der Waals surface area contributed by atoms with E-state index in [2.05, 4.69) is 32.6 Å². The molecule has 2 aliphatic heterocycles. The Hall–Kier alpha value is -0.520. The lowest BCUT2D eigenvalue weighted by atomic mass is 10.1. The smallest absolute Gasteiger partial charge is 0.164 e. The molecular weight excluding hydrogens is 437 g/mol. The third kappa shape index (κ3) is 2.47. The minimum Gasteiger partial charge on any atom is -0.394 e. The molecule has 1 unspecified atom stereocenters. The Bertz CT molecular complexity index is 768. The minimum atomic E-state index is -0.715. The molecule has 2 aromatic rings. The van der Waals surface area contributed by atoms with E-state index in [1.165, 1.54) is 6.33 Å². The molecule has 124 valence electrons. The Kier molecular flexibility index (Phi) is 3.82. The molecule has 0 saturated carbocycles. The van der Waals surface area contributed by atoms with Gasteiger partial charge in [0.15, 0.2) is 12.0 Å². The molecule has 2 aromatic heterocycles. The number of aliphatic hydroxyl groups is 1. The second kappa shape index (κ2) is 5.50. The van der Waals surface area contributed by atoms with Crippen molar-refractivity contribution >= 4 is 45.2 Å². The molecule has 0 radical (unpaired) electrons. The molecule has 0 aliphatic carbocycles. The van der Waals surface area contributed by atoms with Gasteiger partial charge in [-0.3, -0.25) is 0 Å².